The number of carbonyl (C=O) groups excluding carboxylic acids is 2. The van der Waals surface area contributed by atoms with Crippen molar-refractivity contribution in [3.8, 4) is 0 Å². The molecule has 25 heavy (non-hydrogen) atoms. The number of Topliss-reactive ketones (excluding diaryl/α,β-unsaturated/α-hetero) is 1. The Bertz CT molecular complexity index is 760. The lowest BCUT2D eigenvalue weighted by Gasteiger charge is -2.15. The lowest BCUT2D eigenvalue weighted by molar-refractivity contribution is -0.122. The Morgan fingerprint density at radius 2 is 2.04 bits per heavy atom. The normalized spacial score (nSPS) is 12.2. The molecule has 0 spiro atoms. The number of rotatable bonds is 8. The first kappa shape index (κ1) is 18.9. The fourth-order valence-corrected chi connectivity index (χ4v) is 3.16. The molecule has 0 aliphatic rings. The van der Waals surface area contributed by atoms with E-state index in [1.54, 1.807) is 10.9 Å². The van der Waals surface area contributed by atoms with E-state index in [0.717, 1.165) is 24.5 Å². The second-order valence-corrected chi connectivity index (χ2v) is 6.41. The molecule has 1 unspecified atom stereocenters. The summed E-state index contributed by atoms with van der Waals surface area (Å²) in [6, 6.07) is -0.123. The lowest BCUT2D eigenvalue weighted by atomic mass is 10.1. The van der Waals surface area contributed by atoms with Crippen LogP contribution in [-0.2, 0) is 17.9 Å². The second-order valence-electron chi connectivity index (χ2n) is 6.41. The maximum atomic E-state index is 12.3. The number of aromatic nitrogens is 4. The number of imidazole rings is 1. The minimum atomic E-state index is -0.123. The number of amides is 1. The summed E-state index contributed by atoms with van der Waals surface area (Å²) in [4.78, 5) is 28.3. The van der Waals surface area contributed by atoms with Gasteiger partial charge in [0, 0.05) is 31.1 Å². The van der Waals surface area contributed by atoms with Gasteiger partial charge in [0.05, 0.1) is 23.8 Å². The van der Waals surface area contributed by atoms with Gasteiger partial charge in [-0.3, -0.25) is 14.3 Å². The molecule has 0 fully saturated rings. The van der Waals surface area contributed by atoms with Gasteiger partial charge in [-0.1, -0.05) is 6.92 Å². The van der Waals surface area contributed by atoms with E-state index in [2.05, 4.69) is 22.3 Å². The van der Waals surface area contributed by atoms with Crippen molar-refractivity contribution in [2.24, 2.45) is 0 Å². The highest BCUT2D eigenvalue weighted by Crippen LogP contribution is 2.19. The molecular weight excluding hydrogens is 318 g/mol. The molecule has 2 heterocycles. The zero-order valence-electron chi connectivity index (χ0n) is 15.7. The molecular formula is C18H27N5O2. The molecule has 2 aromatic rings. The molecule has 1 amide bonds. The number of aryl methyl sites for hydroxylation is 2. The summed E-state index contributed by atoms with van der Waals surface area (Å²) in [6.45, 7) is 10.6. The first-order valence-electron chi connectivity index (χ1n) is 8.68. The number of carbonyl (C=O) groups is 2. The molecule has 136 valence electrons. The Labute approximate surface area is 148 Å². The maximum Gasteiger partial charge on any atom is 0.222 e. The van der Waals surface area contributed by atoms with Crippen LogP contribution in [0.4, 0.5) is 0 Å². The average Bonchev–Trinajstić information content (AvgIpc) is 3.09. The standard InChI is InChI=1S/C18H27N5O2/c1-6-8-22-9-7-19-16(22)11-20-17(25)10-12(2)23-14(4)18(15(5)24)13(3)21-23/h7,9,12H,6,8,10-11H2,1-5H3,(H,20,25). The first-order chi connectivity index (χ1) is 11.8. The number of hydrogen-bond acceptors (Lipinski definition) is 4. The van der Waals surface area contributed by atoms with Crippen molar-refractivity contribution in [2.45, 2.75) is 66.6 Å². The number of nitrogens with one attached hydrogen (secondary N) is 1. The van der Waals surface area contributed by atoms with Crippen molar-refractivity contribution in [1.82, 2.24) is 24.6 Å². The summed E-state index contributed by atoms with van der Waals surface area (Å²) in [5.41, 5.74) is 2.16. The fourth-order valence-electron chi connectivity index (χ4n) is 3.16. The van der Waals surface area contributed by atoms with Crippen molar-refractivity contribution in [3.05, 3.63) is 35.2 Å². The van der Waals surface area contributed by atoms with Gasteiger partial charge in [-0.25, -0.2) is 4.98 Å². The summed E-state index contributed by atoms with van der Waals surface area (Å²) >= 11 is 0. The van der Waals surface area contributed by atoms with Gasteiger partial charge in [-0.05, 0) is 34.1 Å². The summed E-state index contributed by atoms with van der Waals surface area (Å²) in [5.74, 6) is 0.795. The molecule has 0 saturated heterocycles. The Morgan fingerprint density at radius 3 is 2.64 bits per heavy atom. The molecule has 0 saturated carbocycles. The smallest absolute Gasteiger partial charge is 0.222 e. The van der Waals surface area contributed by atoms with Gasteiger partial charge in [0.2, 0.25) is 5.91 Å². The van der Waals surface area contributed by atoms with Crippen molar-refractivity contribution in [3.63, 3.8) is 0 Å². The van der Waals surface area contributed by atoms with Gasteiger partial charge < -0.3 is 9.88 Å². The fraction of sp³-hybridized carbons (Fsp3) is 0.556. The topological polar surface area (TPSA) is 81.8 Å². The van der Waals surface area contributed by atoms with E-state index in [1.807, 2.05) is 31.5 Å². The SMILES string of the molecule is CCCn1ccnc1CNC(=O)CC(C)n1nc(C)c(C(C)=O)c1C. The van der Waals surface area contributed by atoms with Crippen molar-refractivity contribution in [2.75, 3.05) is 0 Å². The van der Waals surface area contributed by atoms with Crippen molar-refractivity contribution < 1.29 is 9.59 Å². The van der Waals surface area contributed by atoms with Crippen LogP contribution in [0.15, 0.2) is 12.4 Å². The first-order valence-corrected chi connectivity index (χ1v) is 8.68. The van der Waals surface area contributed by atoms with E-state index in [1.165, 1.54) is 6.92 Å². The predicted molar refractivity (Wildman–Crippen MR) is 95.4 cm³/mol. The summed E-state index contributed by atoms with van der Waals surface area (Å²) in [7, 11) is 0. The van der Waals surface area contributed by atoms with Crippen LogP contribution in [0.25, 0.3) is 0 Å². The molecule has 0 aliphatic heterocycles. The van der Waals surface area contributed by atoms with Crippen LogP contribution in [0.1, 0.15) is 67.2 Å². The van der Waals surface area contributed by atoms with E-state index in [-0.39, 0.29) is 17.7 Å². The van der Waals surface area contributed by atoms with Gasteiger partial charge >= 0.3 is 0 Å². The van der Waals surface area contributed by atoms with Gasteiger partial charge in [0.25, 0.3) is 0 Å². The lowest BCUT2D eigenvalue weighted by Crippen LogP contribution is -2.27. The predicted octanol–water partition coefficient (Wildman–Crippen LogP) is 2.58. The van der Waals surface area contributed by atoms with Crippen LogP contribution in [0, 0.1) is 13.8 Å². The van der Waals surface area contributed by atoms with Crippen molar-refractivity contribution >= 4 is 11.7 Å². The van der Waals surface area contributed by atoms with E-state index in [9.17, 15) is 9.59 Å². The Balaban J connectivity index is 1.97. The minimum absolute atomic E-state index is 0.000613. The highest BCUT2D eigenvalue weighted by Gasteiger charge is 2.20. The highest BCUT2D eigenvalue weighted by atomic mass is 16.1. The Morgan fingerprint density at radius 1 is 1.32 bits per heavy atom. The zero-order chi connectivity index (χ0) is 18.6. The maximum absolute atomic E-state index is 12.3. The molecule has 0 aliphatic carbocycles. The second kappa shape index (κ2) is 8.09. The quantitative estimate of drug-likeness (QED) is 0.746. The van der Waals surface area contributed by atoms with Crippen LogP contribution in [0.3, 0.4) is 0 Å². The molecule has 0 aromatic carbocycles. The number of ketones is 1. The molecule has 1 atom stereocenters. The minimum Gasteiger partial charge on any atom is -0.349 e. The molecule has 2 aromatic heterocycles. The van der Waals surface area contributed by atoms with E-state index < -0.39 is 0 Å². The Hall–Kier alpha value is -2.44. The van der Waals surface area contributed by atoms with Crippen LogP contribution < -0.4 is 5.32 Å². The summed E-state index contributed by atoms with van der Waals surface area (Å²) in [6.07, 6.45) is 4.99. The highest BCUT2D eigenvalue weighted by molar-refractivity contribution is 5.96. The molecule has 7 heteroatoms. The number of hydrogen-bond donors (Lipinski definition) is 1. The van der Waals surface area contributed by atoms with E-state index >= 15 is 0 Å². The van der Waals surface area contributed by atoms with Gasteiger partial charge in [0.15, 0.2) is 5.78 Å². The Kier molecular flexibility index (Phi) is 6.12. The van der Waals surface area contributed by atoms with Gasteiger partial charge in [0.1, 0.15) is 5.82 Å². The van der Waals surface area contributed by atoms with E-state index in [0.29, 0.717) is 24.2 Å². The monoisotopic (exact) mass is 345 g/mol. The zero-order valence-corrected chi connectivity index (χ0v) is 15.7. The van der Waals surface area contributed by atoms with Crippen LogP contribution in [-0.4, -0.2) is 31.0 Å². The van der Waals surface area contributed by atoms with Gasteiger partial charge in [-0.2, -0.15) is 5.10 Å². The summed E-state index contributed by atoms with van der Waals surface area (Å²) in [5, 5.41) is 7.35. The van der Waals surface area contributed by atoms with Crippen molar-refractivity contribution in [1.29, 1.82) is 0 Å². The summed E-state index contributed by atoms with van der Waals surface area (Å²) < 4.78 is 3.81. The molecule has 7 nitrogen and oxygen atoms in total. The molecule has 2 rings (SSSR count). The molecule has 0 bridgehead atoms. The van der Waals surface area contributed by atoms with Crippen LogP contribution in [0.2, 0.25) is 0 Å². The van der Waals surface area contributed by atoms with Crippen LogP contribution in [0.5, 0.6) is 0 Å². The molecule has 1 N–H and O–H groups in total. The third-order valence-corrected chi connectivity index (χ3v) is 4.29. The average molecular weight is 345 g/mol. The number of nitrogens with zero attached hydrogens (tertiary/aromatic N) is 4. The van der Waals surface area contributed by atoms with E-state index in [4.69, 9.17) is 0 Å². The third-order valence-electron chi connectivity index (χ3n) is 4.29. The molecule has 0 radical (unpaired) electrons. The van der Waals surface area contributed by atoms with Gasteiger partial charge in [-0.15, -0.1) is 0 Å². The largest absolute Gasteiger partial charge is 0.349 e. The third kappa shape index (κ3) is 4.35. The van der Waals surface area contributed by atoms with Crippen LogP contribution >= 0.6 is 0 Å².